The molecule has 1 aromatic heterocycles. The number of rotatable bonds is 3. The number of carboxylic acids is 1. The minimum Gasteiger partial charge on any atom is -0.478 e. The second-order valence-electron chi connectivity index (χ2n) is 5.44. The van der Waals surface area contributed by atoms with E-state index in [0.717, 1.165) is 18.7 Å². The molecule has 102 valence electrons. The van der Waals surface area contributed by atoms with Crippen molar-refractivity contribution in [1.29, 1.82) is 0 Å². The number of aromatic carboxylic acids is 1. The molecule has 0 aliphatic carbocycles. The van der Waals surface area contributed by atoms with E-state index in [2.05, 4.69) is 15.2 Å². The Kier molecular flexibility index (Phi) is 3.14. The van der Waals surface area contributed by atoms with E-state index < -0.39 is 5.97 Å². The van der Waals surface area contributed by atoms with Gasteiger partial charge in [-0.3, -0.25) is 4.90 Å². The summed E-state index contributed by atoms with van der Waals surface area (Å²) in [6, 6.07) is 4.25. The fraction of sp³-hybridized carbons (Fsp3) is 0.571. The topological polar surface area (TPSA) is 65.5 Å². The molecule has 0 bridgehead atoms. The number of nitrogens with one attached hydrogen (secondary N) is 1. The van der Waals surface area contributed by atoms with Gasteiger partial charge in [0.1, 0.15) is 11.4 Å². The predicted molar refractivity (Wildman–Crippen MR) is 72.6 cm³/mol. The average molecular weight is 261 g/mol. The summed E-state index contributed by atoms with van der Waals surface area (Å²) in [6.45, 7) is 4.17. The highest BCUT2D eigenvalue weighted by atomic mass is 16.4. The monoisotopic (exact) mass is 261 g/mol. The number of aryl methyl sites for hydroxylation is 1. The SMILES string of the molecule is Cc1ccc(C(=O)O)c(NC2CCN3CCCC23)n1. The minimum atomic E-state index is -0.920. The molecule has 1 aromatic rings. The Morgan fingerprint density at radius 2 is 2.26 bits per heavy atom. The normalized spacial score (nSPS) is 26.4. The smallest absolute Gasteiger partial charge is 0.339 e. The van der Waals surface area contributed by atoms with Crippen LogP contribution in [-0.4, -0.2) is 46.1 Å². The molecule has 2 aliphatic heterocycles. The van der Waals surface area contributed by atoms with Gasteiger partial charge in [-0.05, 0) is 44.9 Å². The van der Waals surface area contributed by atoms with Crippen molar-refractivity contribution >= 4 is 11.8 Å². The molecule has 0 saturated carbocycles. The summed E-state index contributed by atoms with van der Waals surface area (Å²) >= 11 is 0. The number of nitrogens with zero attached hydrogens (tertiary/aromatic N) is 2. The highest BCUT2D eigenvalue weighted by Gasteiger charge is 2.37. The third-order valence-corrected chi connectivity index (χ3v) is 4.19. The molecule has 0 radical (unpaired) electrons. The molecule has 2 saturated heterocycles. The third kappa shape index (κ3) is 2.30. The summed E-state index contributed by atoms with van der Waals surface area (Å²) in [4.78, 5) is 18.1. The Morgan fingerprint density at radius 3 is 3.05 bits per heavy atom. The van der Waals surface area contributed by atoms with Gasteiger partial charge in [0.05, 0.1) is 0 Å². The van der Waals surface area contributed by atoms with Crippen LogP contribution in [-0.2, 0) is 0 Å². The number of hydrogen-bond donors (Lipinski definition) is 2. The third-order valence-electron chi connectivity index (χ3n) is 4.19. The predicted octanol–water partition coefficient (Wildman–Crippen LogP) is 1.74. The van der Waals surface area contributed by atoms with Crippen molar-refractivity contribution in [2.24, 2.45) is 0 Å². The van der Waals surface area contributed by atoms with E-state index in [9.17, 15) is 9.90 Å². The van der Waals surface area contributed by atoms with E-state index in [4.69, 9.17) is 0 Å². The van der Waals surface area contributed by atoms with Crippen molar-refractivity contribution in [3.63, 3.8) is 0 Å². The van der Waals surface area contributed by atoms with Gasteiger partial charge in [-0.1, -0.05) is 0 Å². The number of pyridine rings is 1. The van der Waals surface area contributed by atoms with Crippen molar-refractivity contribution in [2.45, 2.75) is 38.3 Å². The maximum atomic E-state index is 11.2. The highest BCUT2D eigenvalue weighted by Crippen LogP contribution is 2.30. The van der Waals surface area contributed by atoms with Crippen LogP contribution < -0.4 is 5.32 Å². The molecule has 5 heteroatoms. The van der Waals surface area contributed by atoms with Crippen LogP contribution in [0.4, 0.5) is 5.82 Å². The standard InChI is InChI=1S/C14H19N3O2/c1-9-4-5-10(14(18)19)13(15-9)16-11-6-8-17-7-2-3-12(11)17/h4-5,11-12H,2-3,6-8H2,1H3,(H,15,16)(H,18,19). The molecule has 2 unspecified atom stereocenters. The van der Waals surface area contributed by atoms with Gasteiger partial charge in [-0.25, -0.2) is 9.78 Å². The molecule has 0 spiro atoms. The highest BCUT2D eigenvalue weighted by molar-refractivity contribution is 5.93. The number of carbonyl (C=O) groups is 1. The Balaban J connectivity index is 1.83. The van der Waals surface area contributed by atoms with Crippen LogP contribution in [0.25, 0.3) is 0 Å². The van der Waals surface area contributed by atoms with Crippen LogP contribution in [0, 0.1) is 6.92 Å². The van der Waals surface area contributed by atoms with Crippen LogP contribution >= 0.6 is 0 Å². The van der Waals surface area contributed by atoms with E-state index in [1.807, 2.05) is 6.92 Å². The first-order valence-corrected chi connectivity index (χ1v) is 6.86. The van der Waals surface area contributed by atoms with Gasteiger partial charge in [0.15, 0.2) is 0 Å². The lowest BCUT2D eigenvalue weighted by Crippen LogP contribution is -2.34. The summed E-state index contributed by atoms with van der Waals surface area (Å²) in [5, 5.41) is 12.6. The summed E-state index contributed by atoms with van der Waals surface area (Å²) in [5.74, 6) is -0.400. The lowest BCUT2D eigenvalue weighted by Gasteiger charge is -2.22. The second kappa shape index (κ2) is 4.81. The fourth-order valence-electron chi connectivity index (χ4n) is 3.27. The van der Waals surface area contributed by atoms with Crippen molar-refractivity contribution in [3.8, 4) is 0 Å². The number of hydrogen-bond acceptors (Lipinski definition) is 4. The molecule has 2 N–H and O–H groups in total. The molecular formula is C14H19N3O2. The van der Waals surface area contributed by atoms with E-state index in [0.29, 0.717) is 17.9 Å². The zero-order valence-corrected chi connectivity index (χ0v) is 11.1. The van der Waals surface area contributed by atoms with Crippen LogP contribution in [0.3, 0.4) is 0 Å². The van der Waals surface area contributed by atoms with Gasteiger partial charge in [0.2, 0.25) is 0 Å². The first-order chi connectivity index (χ1) is 9.15. The second-order valence-corrected chi connectivity index (χ2v) is 5.44. The van der Waals surface area contributed by atoms with Gasteiger partial charge in [0.25, 0.3) is 0 Å². The van der Waals surface area contributed by atoms with E-state index in [1.165, 1.54) is 19.4 Å². The van der Waals surface area contributed by atoms with E-state index >= 15 is 0 Å². The molecule has 2 fully saturated rings. The van der Waals surface area contributed by atoms with Crippen molar-refractivity contribution in [2.75, 3.05) is 18.4 Å². The van der Waals surface area contributed by atoms with Crippen LogP contribution in [0.1, 0.15) is 35.3 Å². The Bertz CT molecular complexity index is 503. The summed E-state index contributed by atoms with van der Waals surface area (Å²) < 4.78 is 0. The number of fused-ring (bicyclic) bond motifs is 1. The van der Waals surface area contributed by atoms with Gasteiger partial charge in [0, 0.05) is 24.3 Å². The lowest BCUT2D eigenvalue weighted by molar-refractivity contribution is 0.0697. The van der Waals surface area contributed by atoms with Crippen molar-refractivity contribution in [3.05, 3.63) is 23.4 Å². The Morgan fingerprint density at radius 1 is 1.42 bits per heavy atom. The number of anilines is 1. The maximum Gasteiger partial charge on any atom is 0.339 e. The first-order valence-electron chi connectivity index (χ1n) is 6.86. The zero-order valence-electron chi connectivity index (χ0n) is 11.1. The van der Waals surface area contributed by atoms with Gasteiger partial charge < -0.3 is 10.4 Å². The molecule has 0 amide bonds. The van der Waals surface area contributed by atoms with Crippen molar-refractivity contribution in [1.82, 2.24) is 9.88 Å². The molecule has 5 nitrogen and oxygen atoms in total. The fourth-order valence-corrected chi connectivity index (χ4v) is 3.27. The molecule has 3 rings (SSSR count). The van der Waals surface area contributed by atoms with Crippen molar-refractivity contribution < 1.29 is 9.90 Å². The largest absolute Gasteiger partial charge is 0.478 e. The molecule has 2 atom stereocenters. The maximum absolute atomic E-state index is 11.2. The van der Waals surface area contributed by atoms with E-state index in [-0.39, 0.29) is 5.56 Å². The first kappa shape index (κ1) is 12.4. The van der Waals surface area contributed by atoms with E-state index in [1.54, 1.807) is 12.1 Å². The summed E-state index contributed by atoms with van der Waals surface area (Å²) in [7, 11) is 0. The Hall–Kier alpha value is -1.62. The van der Waals surface area contributed by atoms with Crippen LogP contribution in [0.2, 0.25) is 0 Å². The average Bonchev–Trinajstić information content (AvgIpc) is 2.94. The molecule has 0 aromatic carbocycles. The number of aromatic nitrogens is 1. The quantitative estimate of drug-likeness (QED) is 0.867. The van der Waals surface area contributed by atoms with Gasteiger partial charge in [-0.2, -0.15) is 0 Å². The number of carboxylic acid groups (broad SMARTS) is 1. The van der Waals surface area contributed by atoms with Crippen LogP contribution in [0.15, 0.2) is 12.1 Å². The summed E-state index contributed by atoms with van der Waals surface area (Å²) in [6.07, 6.45) is 3.51. The minimum absolute atomic E-state index is 0.266. The van der Waals surface area contributed by atoms with Gasteiger partial charge >= 0.3 is 5.97 Å². The summed E-state index contributed by atoms with van der Waals surface area (Å²) in [5.41, 5.74) is 1.11. The molecule has 2 aliphatic rings. The molecular weight excluding hydrogens is 242 g/mol. The van der Waals surface area contributed by atoms with Gasteiger partial charge in [-0.15, -0.1) is 0 Å². The zero-order chi connectivity index (χ0) is 13.4. The molecule has 19 heavy (non-hydrogen) atoms. The Labute approximate surface area is 112 Å². The molecule has 3 heterocycles. The van der Waals surface area contributed by atoms with Crippen LogP contribution in [0.5, 0.6) is 0 Å². The lowest BCUT2D eigenvalue weighted by atomic mass is 10.1.